The zero-order chi connectivity index (χ0) is 11.4. The number of carbonyl (C=O) groups is 1. The summed E-state index contributed by atoms with van der Waals surface area (Å²) in [4.78, 5) is 13.0. The van der Waals surface area contributed by atoms with E-state index in [4.69, 9.17) is 0 Å². The topological polar surface area (TPSA) is 20.3 Å². The van der Waals surface area contributed by atoms with Gasteiger partial charge in [-0.15, -0.1) is 0 Å². The summed E-state index contributed by atoms with van der Waals surface area (Å²) in [5.41, 5.74) is 2.64. The van der Waals surface area contributed by atoms with Crippen molar-refractivity contribution in [2.75, 3.05) is 14.1 Å². The minimum absolute atomic E-state index is 0.729. The van der Waals surface area contributed by atoms with Gasteiger partial charge in [0.05, 0.1) is 0 Å². The van der Waals surface area contributed by atoms with Gasteiger partial charge in [0.1, 0.15) is 0 Å². The molecule has 15 heavy (non-hydrogen) atoms. The molecule has 0 bridgehead atoms. The standard InChI is InChI=1S/C12H14BrNO/c1-9(14(2)3)12(8-15)10-4-6-11(13)7-5-10/h4-8H,1-3H3/b12-9+. The second-order valence-corrected chi connectivity index (χ2v) is 4.43. The Morgan fingerprint density at radius 1 is 1.27 bits per heavy atom. The zero-order valence-electron chi connectivity index (χ0n) is 9.12. The van der Waals surface area contributed by atoms with Gasteiger partial charge in [0, 0.05) is 29.8 Å². The highest BCUT2D eigenvalue weighted by molar-refractivity contribution is 9.10. The predicted molar refractivity (Wildman–Crippen MR) is 66.5 cm³/mol. The van der Waals surface area contributed by atoms with Crippen molar-refractivity contribution in [2.45, 2.75) is 6.92 Å². The summed E-state index contributed by atoms with van der Waals surface area (Å²) in [5, 5.41) is 0. The number of carbonyl (C=O) groups excluding carboxylic acids is 1. The highest BCUT2D eigenvalue weighted by atomic mass is 79.9. The predicted octanol–water partition coefficient (Wildman–Crippen LogP) is 2.94. The van der Waals surface area contributed by atoms with E-state index in [1.807, 2.05) is 50.2 Å². The number of hydrogen-bond donors (Lipinski definition) is 0. The molecular weight excluding hydrogens is 254 g/mol. The average molecular weight is 268 g/mol. The summed E-state index contributed by atoms with van der Waals surface area (Å²) in [6, 6.07) is 7.73. The fourth-order valence-corrected chi connectivity index (χ4v) is 1.50. The van der Waals surface area contributed by atoms with Crippen LogP contribution in [0, 0.1) is 0 Å². The summed E-state index contributed by atoms with van der Waals surface area (Å²) < 4.78 is 1.01. The van der Waals surface area contributed by atoms with Crippen LogP contribution in [0.1, 0.15) is 12.5 Å². The monoisotopic (exact) mass is 267 g/mol. The Morgan fingerprint density at radius 3 is 2.20 bits per heavy atom. The molecule has 0 aliphatic carbocycles. The summed E-state index contributed by atoms with van der Waals surface area (Å²) in [7, 11) is 3.86. The van der Waals surface area contributed by atoms with E-state index in [9.17, 15) is 4.79 Å². The lowest BCUT2D eigenvalue weighted by molar-refractivity contribution is -0.103. The molecule has 0 unspecified atom stereocenters. The largest absolute Gasteiger partial charge is 0.381 e. The number of allylic oxidation sites excluding steroid dienone is 2. The van der Waals surface area contributed by atoms with Gasteiger partial charge in [-0.3, -0.25) is 4.79 Å². The summed E-state index contributed by atoms with van der Waals surface area (Å²) >= 11 is 3.37. The van der Waals surface area contributed by atoms with Crippen LogP contribution in [0.3, 0.4) is 0 Å². The molecule has 0 saturated heterocycles. The number of hydrogen-bond acceptors (Lipinski definition) is 2. The van der Waals surface area contributed by atoms with Crippen LogP contribution in [-0.2, 0) is 4.79 Å². The molecule has 0 aliphatic rings. The van der Waals surface area contributed by atoms with Crippen LogP contribution >= 0.6 is 15.9 Å². The molecular formula is C12H14BrNO. The van der Waals surface area contributed by atoms with E-state index in [1.165, 1.54) is 0 Å². The minimum Gasteiger partial charge on any atom is -0.381 e. The van der Waals surface area contributed by atoms with Crippen LogP contribution in [0.25, 0.3) is 5.57 Å². The minimum atomic E-state index is 0.729. The number of halogens is 1. The third-order valence-corrected chi connectivity index (χ3v) is 2.86. The number of benzene rings is 1. The molecule has 0 amide bonds. The van der Waals surface area contributed by atoms with Crippen molar-refractivity contribution in [3.8, 4) is 0 Å². The van der Waals surface area contributed by atoms with E-state index in [2.05, 4.69) is 15.9 Å². The van der Waals surface area contributed by atoms with E-state index in [1.54, 1.807) is 0 Å². The Bertz CT molecular complexity index is 379. The first-order chi connectivity index (χ1) is 7.06. The van der Waals surface area contributed by atoms with Crippen LogP contribution < -0.4 is 0 Å². The maximum Gasteiger partial charge on any atom is 0.152 e. The summed E-state index contributed by atoms with van der Waals surface area (Å²) in [6.07, 6.45) is 0.901. The number of nitrogens with zero attached hydrogens (tertiary/aromatic N) is 1. The van der Waals surface area contributed by atoms with E-state index in [0.717, 1.165) is 27.6 Å². The summed E-state index contributed by atoms with van der Waals surface area (Å²) in [5.74, 6) is 0. The van der Waals surface area contributed by atoms with Gasteiger partial charge >= 0.3 is 0 Å². The molecule has 0 radical (unpaired) electrons. The van der Waals surface area contributed by atoms with Gasteiger partial charge in [0.25, 0.3) is 0 Å². The molecule has 0 saturated carbocycles. The molecule has 0 aliphatic heterocycles. The lowest BCUT2D eigenvalue weighted by atomic mass is 10.1. The van der Waals surface area contributed by atoms with Crippen LogP contribution in [-0.4, -0.2) is 25.3 Å². The van der Waals surface area contributed by atoms with Gasteiger partial charge < -0.3 is 4.90 Å². The molecule has 3 heteroatoms. The van der Waals surface area contributed by atoms with Crippen molar-refractivity contribution < 1.29 is 4.79 Å². The molecule has 80 valence electrons. The Morgan fingerprint density at radius 2 is 1.80 bits per heavy atom. The van der Waals surface area contributed by atoms with Crippen LogP contribution in [0.2, 0.25) is 0 Å². The molecule has 2 nitrogen and oxygen atoms in total. The maximum atomic E-state index is 11.0. The quantitative estimate of drug-likeness (QED) is 0.620. The van der Waals surface area contributed by atoms with E-state index < -0.39 is 0 Å². The first kappa shape index (κ1) is 12.0. The maximum absolute atomic E-state index is 11.0. The molecule has 0 spiro atoms. The molecule has 1 rings (SSSR count). The van der Waals surface area contributed by atoms with Crippen LogP contribution in [0.4, 0.5) is 0 Å². The first-order valence-electron chi connectivity index (χ1n) is 4.65. The van der Waals surface area contributed by atoms with Crippen molar-refractivity contribution in [1.82, 2.24) is 4.90 Å². The Hall–Kier alpha value is -1.09. The van der Waals surface area contributed by atoms with Gasteiger partial charge in [-0.2, -0.15) is 0 Å². The zero-order valence-corrected chi connectivity index (χ0v) is 10.7. The lowest BCUT2D eigenvalue weighted by Gasteiger charge is -2.15. The molecule has 0 aromatic heterocycles. The summed E-state index contributed by atoms with van der Waals surface area (Å²) in [6.45, 7) is 1.94. The van der Waals surface area contributed by atoms with Gasteiger partial charge in [-0.25, -0.2) is 0 Å². The highest BCUT2D eigenvalue weighted by Crippen LogP contribution is 2.20. The second kappa shape index (κ2) is 5.12. The Kier molecular flexibility index (Phi) is 4.09. The highest BCUT2D eigenvalue weighted by Gasteiger charge is 2.06. The van der Waals surface area contributed by atoms with Gasteiger partial charge in [-0.1, -0.05) is 28.1 Å². The molecule has 0 atom stereocenters. The van der Waals surface area contributed by atoms with Crippen molar-refractivity contribution in [3.63, 3.8) is 0 Å². The van der Waals surface area contributed by atoms with E-state index in [-0.39, 0.29) is 0 Å². The fourth-order valence-electron chi connectivity index (χ4n) is 1.23. The normalized spacial score (nSPS) is 12.0. The molecule has 1 aromatic rings. The van der Waals surface area contributed by atoms with Crippen molar-refractivity contribution >= 4 is 27.8 Å². The SMILES string of the molecule is C/C(=C(/C=O)c1ccc(Br)cc1)N(C)C. The van der Waals surface area contributed by atoms with Crippen molar-refractivity contribution in [2.24, 2.45) is 0 Å². The number of aldehydes is 1. The third kappa shape index (κ3) is 2.93. The average Bonchev–Trinajstić information content (AvgIpc) is 2.21. The van der Waals surface area contributed by atoms with Crippen molar-refractivity contribution in [1.29, 1.82) is 0 Å². The second-order valence-electron chi connectivity index (χ2n) is 3.52. The Balaban J connectivity index is 3.19. The van der Waals surface area contributed by atoms with Crippen molar-refractivity contribution in [3.05, 3.63) is 40.0 Å². The smallest absolute Gasteiger partial charge is 0.152 e. The lowest BCUT2D eigenvalue weighted by Crippen LogP contribution is -2.11. The van der Waals surface area contributed by atoms with Gasteiger partial charge in [0.2, 0.25) is 0 Å². The van der Waals surface area contributed by atoms with E-state index >= 15 is 0 Å². The first-order valence-corrected chi connectivity index (χ1v) is 5.45. The van der Waals surface area contributed by atoms with Crippen LogP contribution in [0.15, 0.2) is 34.4 Å². The fraction of sp³-hybridized carbons (Fsp3) is 0.250. The number of rotatable bonds is 3. The third-order valence-electron chi connectivity index (χ3n) is 2.33. The van der Waals surface area contributed by atoms with Gasteiger partial charge in [-0.05, 0) is 24.6 Å². The molecule has 0 heterocycles. The van der Waals surface area contributed by atoms with E-state index in [0.29, 0.717) is 0 Å². The van der Waals surface area contributed by atoms with Gasteiger partial charge in [0.15, 0.2) is 6.29 Å². The Labute approximate surface area is 98.7 Å². The molecule has 0 fully saturated rings. The van der Waals surface area contributed by atoms with Crippen LogP contribution in [0.5, 0.6) is 0 Å². The molecule has 1 aromatic carbocycles. The molecule has 0 N–H and O–H groups in total.